The number of halogens is 1. The first kappa shape index (κ1) is 21.8. The highest BCUT2D eigenvalue weighted by molar-refractivity contribution is 6.06. The molecule has 1 heterocycles. The van der Waals surface area contributed by atoms with Gasteiger partial charge in [0.1, 0.15) is 18.1 Å². The van der Waals surface area contributed by atoms with Crippen LogP contribution in [-0.4, -0.2) is 28.1 Å². The Bertz CT molecular complexity index is 1080. The van der Waals surface area contributed by atoms with E-state index in [9.17, 15) is 14.0 Å². The summed E-state index contributed by atoms with van der Waals surface area (Å²) in [7, 11) is 0. The summed E-state index contributed by atoms with van der Waals surface area (Å²) in [5, 5.41) is 11.6. The highest BCUT2D eigenvalue weighted by atomic mass is 19.1. The Morgan fingerprint density at radius 2 is 1.81 bits per heavy atom. The highest BCUT2D eigenvalue weighted by Crippen LogP contribution is 2.34. The second-order valence-corrected chi connectivity index (χ2v) is 6.87. The molecule has 0 aliphatic heterocycles. The van der Waals surface area contributed by atoms with Gasteiger partial charge in [-0.05, 0) is 55.8 Å². The number of amides is 1. The number of ether oxygens (including phenoxy) is 2. The molecule has 8 heteroatoms. The van der Waals surface area contributed by atoms with E-state index in [2.05, 4.69) is 10.3 Å². The minimum absolute atomic E-state index is 0.0808. The first-order valence-corrected chi connectivity index (χ1v) is 9.50. The summed E-state index contributed by atoms with van der Waals surface area (Å²) in [6.07, 6.45) is 1.15. The van der Waals surface area contributed by atoms with Gasteiger partial charge in [0.15, 0.2) is 11.5 Å². The van der Waals surface area contributed by atoms with Gasteiger partial charge in [0.05, 0.1) is 23.6 Å². The number of carbonyl (C=O) groups excluding carboxylic acids is 1. The maximum Gasteiger partial charge on any atom is 0.354 e. The molecule has 0 aliphatic carbocycles. The molecule has 0 saturated heterocycles. The third kappa shape index (κ3) is 5.57. The number of aromatic nitrogens is 1. The Balaban J connectivity index is 1.90. The average Bonchev–Trinajstić information content (AvgIpc) is 2.75. The van der Waals surface area contributed by atoms with Crippen LogP contribution >= 0.6 is 0 Å². The summed E-state index contributed by atoms with van der Waals surface area (Å²) in [5.41, 5.74) is 0.554. The van der Waals surface area contributed by atoms with E-state index in [4.69, 9.17) is 14.6 Å². The fourth-order valence-corrected chi connectivity index (χ4v) is 2.72. The quantitative estimate of drug-likeness (QED) is 0.523. The lowest BCUT2D eigenvalue weighted by molar-refractivity contribution is 0.0690. The maximum absolute atomic E-state index is 13.2. The summed E-state index contributed by atoms with van der Waals surface area (Å²) in [4.78, 5) is 27.6. The summed E-state index contributed by atoms with van der Waals surface area (Å²) >= 11 is 0. The Morgan fingerprint density at radius 1 is 1.06 bits per heavy atom. The molecule has 160 valence electrons. The van der Waals surface area contributed by atoms with E-state index in [0.29, 0.717) is 17.1 Å². The molecule has 3 aromatic rings. The number of rotatable bonds is 8. The van der Waals surface area contributed by atoms with Crippen LogP contribution in [0, 0.1) is 0 Å². The zero-order valence-electron chi connectivity index (χ0n) is 17.0. The van der Waals surface area contributed by atoms with Gasteiger partial charge >= 0.3 is 5.97 Å². The van der Waals surface area contributed by atoms with Gasteiger partial charge < -0.3 is 19.9 Å². The fraction of sp³-hybridized carbons (Fsp3) is 0.174. The molecular formula is C23H21FN2O5. The number of nitrogens with zero attached hydrogens (tertiary/aromatic N) is 1. The number of para-hydroxylation sites is 2. The number of alkyl halides is 1. The summed E-state index contributed by atoms with van der Waals surface area (Å²) in [6.45, 7) is 3.02. The van der Waals surface area contributed by atoms with Crippen molar-refractivity contribution in [3.05, 3.63) is 77.6 Å². The van der Waals surface area contributed by atoms with E-state index >= 15 is 0 Å². The van der Waals surface area contributed by atoms with Crippen LogP contribution in [0.15, 0.2) is 60.8 Å². The lowest BCUT2D eigenvalue weighted by Gasteiger charge is -2.17. The number of pyridine rings is 1. The normalized spacial score (nSPS) is 10.6. The van der Waals surface area contributed by atoms with Gasteiger partial charge in [-0.2, -0.15) is 0 Å². The summed E-state index contributed by atoms with van der Waals surface area (Å²) in [5.74, 6) is -0.605. The molecule has 2 aromatic carbocycles. The largest absolute Gasteiger partial charge is 0.487 e. The van der Waals surface area contributed by atoms with E-state index in [1.807, 2.05) is 13.8 Å². The van der Waals surface area contributed by atoms with Crippen molar-refractivity contribution in [3.8, 4) is 17.2 Å². The minimum Gasteiger partial charge on any atom is -0.487 e. The van der Waals surface area contributed by atoms with Crippen LogP contribution in [0.3, 0.4) is 0 Å². The zero-order valence-corrected chi connectivity index (χ0v) is 17.0. The number of carbonyl (C=O) groups is 2. The number of hydrogen-bond acceptors (Lipinski definition) is 5. The van der Waals surface area contributed by atoms with Crippen LogP contribution in [0.25, 0.3) is 0 Å². The fourth-order valence-electron chi connectivity index (χ4n) is 2.72. The molecule has 1 aromatic heterocycles. The maximum atomic E-state index is 13.2. The lowest BCUT2D eigenvalue weighted by Crippen LogP contribution is -2.14. The van der Waals surface area contributed by atoms with Crippen LogP contribution in [-0.2, 0) is 6.67 Å². The zero-order chi connectivity index (χ0) is 22.4. The molecule has 31 heavy (non-hydrogen) atoms. The van der Waals surface area contributed by atoms with Crippen LogP contribution in [0.1, 0.15) is 40.3 Å². The topological polar surface area (TPSA) is 97.8 Å². The number of aromatic carboxylic acids is 1. The van der Waals surface area contributed by atoms with Crippen LogP contribution in [0.4, 0.5) is 10.1 Å². The van der Waals surface area contributed by atoms with E-state index in [0.717, 1.165) is 0 Å². The SMILES string of the molecule is CC(C)Oc1ccccc1Oc1ccc(CF)cc1C(=O)Nc1ccc(C(=O)O)nc1. The molecular weight excluding hydrogens is 403 g/mol. The van der Waals surface area contributed by atoms with Gasteiger partial charge in [0.2, 0.25) is 0 Å². The first-order valence-electron chi connectivity index (χ1n) is 9.50. The Hall–Kier alpha value is -3.94. The second-order valence-electron chi connectivity index (χ2n) is 6.87. The van der Waals surface area contributed by atoms with Gasteiger partial charge in [-0.15, -0.1) is 0 Å². The molecule has 0 saturated carbocycles. The van der Waals surface area contributed by atoms with Crippen molar-refractivity contribution >= 4 is 17.6 Å². The van der Waals surface area contributed by atoms with Crippen molar-refractivity contribution < 1.29 is 28.6 Å². The summed E-state index contributed by atoms with van der Waals surface area (Å²) in [6, 6.07) is 14.2. The molecule has 2 N–H and O–H groups in total. The van der Waals surface area contributed by atoms with Crippen molar-refractivity contribution in [2.24, 2.45) is 0 Å². The third-order valence-electron chi connectivity index (χ3n) is 4.12. The van der Waals surface area contributed by atoms with E-state index < -0.39 is 18.6 Å². The van der Waals surface area contributed by atoms with Gasteiger partial charge in [0.25, 0.3) is 5.91 Å². The van der Waals surface area contributed by atoms with Gasteiger partial charge in [-0.3, -0.25) is 4.79 Å². The van der Waals surface area contributed by atoms with Crippen molar-refractivity contribution in [3.63, 3.8) is 0 Å². The van der Waals surface area contributed by atoms with Crippen LogP contribution < -0.4 is 14.8 Å². The number of carboxylic acids is 1. The van der Waals surface area contributed by atoms with Gasteiger partial charge in [0, 0.05) is 0 Å². The summed E-state index contributed by atoms with van der Waals surface area (Å²) < 4.78 is 24.9. The van der Waals surface area contributed by atoms with Gasteiger partial charge in [-0.25, -0.2) is 14.2 Å². The number of carboxylic acid groups (broad SMARTS) is 1. The minimum atomic E-state index is -1.17. The van der Waals surface area contributed by atoms with E-state index in [1.54, 1.807) is 24.3 Å². The van der Waals surface area contributed by atoms with Crippen LogP contribution in [0.5, 0.6) is 17.2 Å². The van der Waals surface area contributed by atoms with Gasteiger partial charge in [-0.1, -0.05) is 18.2 Å². The molecule has 0 radical (unpaired) electrons. The lowest BCUT2D eigenvalue weighted by atomic mass is 10.1. The van der Waals surface area contributed by atoms with E-state index in [1.165, 1.54) is 36.5 Å². The third-order valence-corrected chi connectivity index (χ3v) is 4.12. The van der Waals surface area contributed by atoms with Crippen LogP contribution in [0.2, 0.25) is 0 Å². The van der Waals surface area contributed by atoms with Crippen molar-refractivity contribution in [1.29, 1.82) is 0 Å². The monoisotopic (exact) mass is 424 g/mol. The molecule has 0 fully saturated rings. The van der Waals surface area contributed by atoms with Crippen molar-refractivity contribution in [2.45, 2.75) is 26.6 Å². The smallest absolute Gasteiger partial charge is 0.354 e. The predicted octanol–water partition coefficient (Wildman–Crippen LogP) is 5.08. The Kier molecular flexibility index (Phi) is 6.81. The van der Waals surface area contributed by atoms with Crippen molar-refractivity contribution in [1.82, 2.24) is 4.98 Å². The molecule has 0 aliphatic rings. The Morgan fingerprint density at radius 3 is 2.42 bits per heavy atom. The predicted molar refractivity (Wildman–Crippen MR) is 113 cm³/mol. The van der Waals surface area contributed by atoms with Crippen molar-refractivity contribution in [2.75, 3.05) is 5.32 Å². The first-order chi connectivity index (χ1) is 14.9. The Labute approximate surface area is 178 Å². The number of nitrogens with one attached hydrogen (secondary N) is 1. The average molecular weight is 424 g/mol. The number of anilines is 1. The molecule has 0 unspecified atom stereocenters. The number of benzene rings is 2. The second kappa shape index (κ2) is 9.71. The van der Waals surface area contributed by atoms with E-state index in [-0.39, 0.29) is 28.8 Å². The number of hydrogen-bond donors (Lipinski definition) is 2. The molecule has 1 amide bonds. The molecule has 0 bridgehead atoms. The molecule has 0 atom stereocenters. The molecule has 7 nitrogen and oxygen atoms in total. The highest BCUT2D eigenvalue weighted by Gasteiger charge is 2.17. The standard InChI is InChI=1S/C23H21FN2O5/c1-14(2)30-20-5-3-4-6-21(20)31-19-10-7-15(12-24)11-17(19)22(27)26-16-8-9-18(23(28)29)25-13-16/h3-11,13-14H,12H2,1-2H3,(H,26,27)(H,28,29). The molecule has 0 spiro atoms. The molecule has 3 rings (SSSR count).